The normalized spacial score (nSPS) is 14.8. The minimum atomic E-state index is -3.97. The minimum Gasteiger partial charge on any atom is -0.378 e. The van der Waals surface area contributed by atoms with Crippen molar-refractivity contribution in [2.45, 2.75) is 11.4 Å². The third-order valence-electron chi connectivity index (χ3n) is 4.34. The molecule has 0 unspecified atom stereocenters. The van der Waals surface area contributed by atoms with Gasteiger partial charge in [-0.2, -0.15) is 0 Å². The Morgan fingerprint density at radius 3 is 2.61 bits per heavy atom. The molecule has 0 aromatic heterocycles. The number of carbonyl (C=O) groups is 1. The molecule has 1 aliphatic heterocycles. The number of amides is 1. The Morgan fingerprint density at radius 2 is 1.93 bits per heavy atom. The zero-order valence-electron chi connectivity index (χ0n) is 14.8. The molecule has 3 rings (SSSR count). The van der Waals surface area contributed by atoms with E-state index in [0.717, 1.165) is 0 Å². The van der Waals surface area contributed by atoms with Crippen LogP contribution in [0.4, 0.5) is 10.1 Å². The zero-order chi connectivity index (χ0) is 20.3. The number of ether oxygens (including phenoxy) is 1. The van der Waals surface area contributed by atoms with E-state index >= 15 is 0 Å². The van der Waals surface area contributed by atoms with Gasteiger partial charge < -0.3 is 15.0 Å². The molecule has 3 N–H and O–H groups in total. The molecular formula is C18H19BrFN3O4S. The summed E-state index contributed by atoms with van der Waals surface area (Å²) in [4.78, 5) is 14.6. The first-order chi connectivity index (χ1) is 13.3. The molecule has 150 valence electrons. The smallest absolute Gasteiger partial charge is 0.253 e. The fraction of sp³-hybridized carbons (Fsp3) is 0.278. The number of primary sulfonamides is 1. The first kappa shape index (κ1) is 20.7. The highest BCUT2D eigenvalue weighted by atomic mass is 79.9. The van der Waals surface area contributed by atoms with Crippen LogP contribution in [0.5, 0.6) is 0 Å². The Labute approximate surface area is 170 Å². The number of nitrogens with one attached hydrogen (secondary N) is 1. The van der Waals surface area contributed by atoms with Gasteiger partial charge in [0.05, 0.1) is 23.7 Å². The number of sulfonamides is 1. The van der Waals surface area contributed by atoms with Crippen molar-refractivity contribution < 1.29 is 22.3 Å². The van der Waals surface area contributed by atoms with Crippen LogP contribution in [0.3, 0.4) is 0 Å². The van der Waals surface area contributed by atoms with Crippen molar-refractivity contribution in [3.63, 3.8) is 0 Å². The molecule has 28 heavy (non-hydrogen) atoms. The first-order valence-electron chi connectivity index (χ1n) is 8.47. The van der Waals surface area contributed by atoms with E-state index in [2.05, 4.69) is 21.2 Å². The van der Waals surface area contributed by atoms with E-state index in [-0.39, 0.29) is 17.0 Å². The monoisotopic (exact) mass is 471 g/mol. The molecule has 1 heterocycles. The molecule has 0 atom stereocenters. The second-order valence-electron chi connectivity index (χ2n) is 6.24. The van der Waals surface area contributed by atoms with Crippen molar-refractivity contribution in [1.29, 1.82) is 0 Å². The molecule has 1 amide bonds. The van der Waals surface area contributed by atoms with E-state index in [1.165, 1.54) is 24.3 Å². The van der Waals surface area contributed by atoms with Crippen LogP contribution in [0.15, 0.2) is 45.8 Å². The SMILES string of the molecule is NS(=O)(=O)c1ccc(N2CCOCC2)c(C(=O)NCc2cc(F)ccc2Br)c1. The maximum Gasteiger partial charge on any atom is 0.253 e. The molecule has 0 aliphatic carbocycles. The average Bonchev–Trinajstić information content (AvgIpc) is 2.68. The largest absolute Gasteiger partial charge is 0.378 e. The number of anilines is 1. The van der Waals surface area contributed by atoms with Gasteiger partial charge in [-0.25, -0.2) is 17.9 Å². The number of rotatable bonds is 5. The van der Waals surface area contributed by atoms with Gasteiger partial charge in [0.15, 0.2) is 0 Å². The van der Waals surface area contributed by atoms with Gasteiger partial charge in [0.2, 0.25) is 10.0 Å². The number of carbonyl (C=O) groups excluding carboxylic acids is 1. The highest BCUT2D eigenvalue weighted by Crippen LogP contribution is 2.25. The second kappa shape index (κ2) is 8.56. The van der Waals surface area contributed by atoms with Crippen LogP contribution < -0.4 is 15.4 Å². The fourth-order valence-corrected chi connectivity index (χ4v) is 3.83. The molecular weight excluding hydrogens is 453 g/mol. The summed E-state index contributed by atoms with van der Waals surface area (Å²) in [5.74, 6) is -0.902. The van der Waals surface area contributed by atoms with Crippen LogP contribution in [0.1, 0.15) is 15.9 Å². The molecule has 7 nitrogen and oxygen atoms in total. The Hall–Kier alpha value is -2.01. The van der Waals surface area contributed by atoms with E-state index in [0.29, 0.717) is 42.0 Å². The molecule has 0 bridgehead atoms. The number of hydrogen-bond donors (Lipinski definition) is 2. The van der Waals surface area contributed by atoms with Gasteiger partial charge in [-0.15, -0.1) is 0 Å². The molecule has 1 fully saturated rings. The predicted molar refractivity (Wildman–Crippen MR) is 106 cm³/mol. The van der Waals surface area contributed by atoms with E-state index in [1.54, 1.807) is 12.1 Å². The van der Waals surface area contributed by atoms with E-state index in [9.17, 15) is 17.6 Å². The van der Waals surface area contributed by atoms with E-state index < -0.39 is 21.7 Å². The number of morpholine rings is 1. The number of halogens is 2. The highest BCUT2D eigenvalue weighted by Gasteiger charge is 2.22. The summed E-state index contributed by atoms with van der Waals surface area (Å²) in [5.41, 5.74) is 1.33. The van der Waals surface area contributed by atoms with Crippen LogP contribution in [0.2, 0.25) is 0 Å². The molecule has 1 aliphatic rings. The molecule has 10 heteroatoms. The fourth-order valence-electron chi connectivity index (χ4n) is 2.90. The van der Waals surface area contributed by atoms with Gasteiger partial charge in [-0.05, 0) is 42.0 Å². The van der Waals surface area contributed by atoms with Crippen molar-refractivity contribution in [3.8, 4) is 0 Å². The van der Waals surface area contributed by atoms with Gasteiger partial charge in [-0.1, -0.05) is 15.9 Å². The summed E-state index contributed by atoms with van der Waals surface area (Å²) >= 11 is 3.32. The summed E-state index contributed by atoms with van der Waals surface area (Å²) < 4.78 is 42.9. The summed E-state index contributed by atoms with van der Waals surface area (Å²) in [6.07, 6.45) is 0. The Morgan fingerprint density at radius 1 is 1.21 bits per heavy atom. The first-order valence-corrected chi connectivity index (χ1v) is 10.8. The van der Waals surface area contributed by atoms with Gasteiger partial charge in [0, 0.05) is 29.8 Å². The van der Waals surface area contributed by atoms with Gasteiger partial charge in [-0.3, -0.25) is 4.79 Å². The molecule has 0 spiro atoms. The van der Waals surface area contributed by atoms with Gasteiger partial charge >= 0.3 is 0 Å². The molecule has 0 radical (unpaired) electrons. The van der Waals surface area contributed by atoms with E-state index in [1.807, 2.05) is 4.90 Å². The second-order valence-corrected chi connectivity index (χ2v) is 8.66. The molecule has 2 aromatic rings. The third-order valence-corrected chi connectivity index (χ3v) is 6.02. The summed E-state index contributed by atoms with van der Waals surface area (Å²) in [5, 5.41) is 7.93. The third kappa shape index (κ3) is 4.88. The van der Waals surface area contributed by atoms with Crippen LogP contribution in [0.25, 0.3) is 0 Å². The molecule has 0 saturated carbocycles. The van der Waals surface area contributed by atoms with Crippen LogP contribution >= 0.6 is 15.9 Å². The molecule has 1 saturated heterocycles. The quantitative estimate of drug-likeness (QED) is 0.694. The summed E-state index contributed by atoms with van der Waals surface area (Å²) in [6.45, 7) is 2.23. The van der Waals surface area contributed by atoms with Gasteiger partial charge in [0.25, 0.3) is 5.91 Å². The van der Waals surface area contributed by atoms with Crippen molar-refractivity contribution in [3.05, 3.63) is 57.8 Å². The van der Waals surface area contributed by atoms with Crippen molar-refractivity contribution in [2.24, 2.45) is 5.14 Å². The van der Waals surface area contributed by atoms with Gasteiger partial charge in [0.1, 0.15) is 5.82 Å². The van der Waals surface area contributed by atoms with Crippen LogP contribution in [0, 0.1) is 5.82 Å². The predicted octanol–water partition coefficient (Wildman–Crippen LogP) is 2.00. The zero-order valence-corrected chi connectivity index (χ0v) is 17.2. The number of nitrogens with two attached hydrogens (primary N) is 1. The Bertz CT molecular complexity index is 994. The maximum absolute atomic E-state index is 13.5. The Balaban J connectivity index is 1.90. The summed E-state index contributed by atoms with van der Waals surface area (Å²) in [7, 11) is -3.97. The topological polar surface area (TPSA) is 102 Å². The van der Waals surface area contributed by atoms with E-state index in [4.69, 9.17) is 9.88 Å². The lowest BCUT2D eigenvalue weighted by Crippen LogP contribution is -2.38. The van der Waals surface area contributed by atoms with Crippen LogP contribution in [-0.4, -0.2) is 40.6 Å². The Kier molecular flexibility index (Phi) is 6.33. The number of hydrogen-bond acceptors (Lipinski definition) is 5. The average molecular weight is 472 g/mol. The van der Waals surface area contributed by atoms with Crippen molar-refractivity contribution in [2.75, 3.05) is 31.2 Å². The minimum absolute atomic E-state index is 0.0688. The lowest BCUT2D eigenvalue weighted by molar-refractivity contribution is 0.0949. The standard InChI is InChI=1S/C18H19BrFN3O4S/c19-16-3-1-13(20)9-12(16)11-22-18(24)15-10-14(28(21,25)26)2-4-17(15)23-5-7-27-8-6-23/h1-4,9-10H,5-8,11H2,(H,22,24)(H2,21,25,26). The van der Waals surface area contributed by atoms with Crippen molar-refractivity contribution in [1.82, 2.24) is 5.32 Å². The molecule has 2 aromatic carbocycles. The van der Waals surface area contributed by atoms with Crippen molar-refractivity contribution >= 4 is 37.5 Å². The lowest BCUT2D eigenvalue weighted by Gasteiger charge is -2.30. The highest BCUT2D eigenvalue weighted by molar-refractivity contribution is 9.10. The maximum atomic E-state index is 13.5. The number of nitrogens with zero attached hydrogens (tertiary/aromatic N) is 1. The number of benzene rings is 2. The summed E-state index contributed by atoms with van der Waals surface area (Å²) in [6, 6.07) is 8.38. The van der Waals surface area contributed by atoms with Crippen LogP contribution in [-0.2, 0) is 21.3 Å². The lowest BCUT2D eigenvalue weighted by atomic mass is 10.1.